The molecule has 4 rings (SSSR count). The van der Waals surface area contributed by atoms with Crippen LogP contribution in [0.1, 0.15) is 16.2 Å². The van der Waals surface area contributed by atoms with Gasteiger partial charge in [0, 0.05) is 54.5 Å². The fraction of sp³-hybridized carbons (Fsp3) is 0.273. The second-order valence-corrected chi connectivity index (χ2v) is 9.10. The van der Waals surface area contributed by atoms with E-state index in [0.29, 0.717) is 29.8 Å². The van der Waals surface area contributed by atoms with E-state index >= 15 is 0 Å². The maximum absolute atomic E-state index is 12.7. The lowest BCUT2D eigenvalue weighted by Gasteiger charge is -2.36. The van der Waals surface area contributed by atoms with Gasteiger partial charge >= 0.3 is 0 Å². The molecule has 0 bridgehead atoms. The normalized spacial score (nSPS) is 13.8. The van der Waals surface area contributed by atoms with Crippen LogP contribution in [-0.4, -0.2) is 58.8 Å². The van der Waals surface area contributed by atoms with Crippen molar-refractivity contribution in [2.45, 2.75) is 12.1 Å². The fourth-order valence-corrected chi connectivity index (χ4v) is 4.23. The molecule has 1 aliphatic heterocycles. The van der Waals surface area contributed by atoms with Crippen LogP contribution in [0.3, 0.4) is 0 Å². The van der Waals surface area contributed by atoms with E-state index in [2.05, 4.69) is 36.3 Å². The van der Waals surface area contributed by atoms with Gasteiger partial charge in [0.15, 0.2) is 0 Å². The number of halogens is 1. The Morgan fingerprint density at radius 2 is 1.72 bits per heavy atom. The zero-order valence-electron chi connectivity index (χ0n) is 17.5. The maximum atomic E-state index is 12.7. The van der Waals surface area contributed by atoms with Crippen molar-refractivity contribution in [3.63, 3.8) is 0 Å². The largest absolute Gasteiger partial charge is 0.416 e. The zero-order chi connectivity index (χ0) is 22.5. The molecule has 166 valence electrons. The lowest BCUT2D eigenvalue weighted by Crippen LogP contribution is -2.48. The van der Waals surface area contributed by atoms with E-state index in [1.54, 1.807) is 6.92 Å². The highest BCUT2D eigenvalue weighted by atomic mass is 79.9. The van der Waals surface area contributed by atoms with Gasteiger partial charge in [-0.2, -0.15) is 0 Å². The zero-order valence-corrected chi connectivity index (χ0v) is 19.9. The van der Waals surface area contributed by atoms with Crippen molar-refractivity contribution in [3.05, 3.63) is 64.5 Å². The summed E-state index contributed by atoms with van der Waals surface area (Å²) in [6.07, 6.45) is 0. The van der Waals surface area contributed by atoms with Crippen molar-refractivity contribution >= 4 is 50.9 Å². The topological polar surface area (TPSA) is 91.6 Å². The number of carbonyl (C=O) groups is 2. The molecule has 1 aromatic heterocycles. The molecule has 0 saturated carbocycles. The number of piperazine rings is 1. The SMILES string of the molecule is Cc1nnc(SCC(=O)Nc2ccc(N3CCN(C(=O)c4ccc(Br)cc4)CC3)cc2)o1. The number of aryl methyl sites for hydroxylation is 1. The molecular formula is C22H22BrN5O3S. The predicted octanol–water partition coefficient (Wildman–Crippen LogP) is 3.83. The molecule has 3 aromatic rings. The molecule has 2 aromatic carbocycles. The summed E-state index contributed by atoms with van der Waals surface area (Å²) in [4.78, 5) is 29.0. The highest BCUT2D eigenvalue weighted by Crippen LogP contribution is 2.21. The number of rotatable bonds is 6. The summed E-state index contributed by atoms with van der Waals surface area (Å²) in [7, 11) is 0. The van der Waals surface area contributed by atoms with Gasteiger partial charge in [0.1, 0.15) is 0 Å². The molecular weight excluding hydrogens is 494 g/mol. The molecule has 32 heavy (non-hydrogen) atoms. The van der Waals surface area contributed by atoms with Crippen LogP contribution in [0.15, 0.2) is 62.6 Å². The Bertz CT molecular complexity index is 1080. The van der Waals surface area contributed by atoms with Crippen LogP contribution in [0.2, 0.25) is 0 Å². The van der Waals surface area contributed by atoms with Gasteiger partial charge < -0.3 is 19.5 Å². The van der Waals surface area contributed by atoms with E-state index in [4.69, 9.17) is 4.42 Å². The standard InChI is InChI=1S/C22H22BrN5O3S/c1-15-25-26-22(31-15)32-14-20(29)24-18-6-8-19(9-7-18)27-10-12-28(13-11-27)21(30)16-2-4-17(23)5-3-16/h2-9H,10-14H2,1H3,(H,24,29). The van der Waals surface area contributed by atoms with E-state index in [-0.39, 0.29) is 17.6 Å². The monoisotopic (exact) mass is 515 g/mol. The third-order valence-electron chi connectivity index (χ3n) is 5.01. The number of aromatic nitrogens is 2. The summed E-state index contributed by atoms with van der Waals surface area (Å²) >= 11 is 4.60. The third kappa shape index (κ3) is 5.68. The molecule has 1 saturated heterocycles. The Morgan fingerprint density at radius 1 is 1.03 bits per heavy atom. The van der Waals surface area contributed by atoms with E-state index in [0.717, 1.165) is 28.9 Å². The van der Waals surface area contributed by atoms with E-state index in [9.17, 15) is 9.59 Å². The number of amides is 2. The van der Waals surface area contributed by atoms with Crippen molar-refractivity contribution in [1.29, 1.82) is 0 Å². The van der Waals surface area contributed by atoms with Crippen molar-refractivity contribution in [1.82, 2.24) is 15.1 Å². The number of anilines is 2. The number of benzene rings is 2. The lowest BCUT2D eigenvalue weighted by molar-refractivity contribution is -0.113. The van der Waals surface area contributed by atoms with Gasteiger partial charge in [-0.3, -0.25) is 9.59 Å². The quantitative estimate of drug-likeness (QED) is 0.498. The van der Waals surface area contributed by atoms with Crippen LogP contribution >= 0.6 is 27.7 Å². The molecule has 0 aliphatic carbocycles. The van der Waals surface area contributed by atoms with Crippen LogP contribution in [0.5, 0.6) is 0 Å². The minimum Gasteiger partial charge on any atom is -0.416 e. The number of nitrogens with zero attached hydrogens (tertiary/aromatic N) is 4. The van der Waals surface area contributed by atoms with Gasteiger partial charge in [0.25, 0.3) is 11.1 Å². The third-order valence-corrected chi connectivity index (χ3v) is 6.36. The first-order valence-electron chi connectivity index (χ1n) is 10.1. The number of nitrogens with one attached hydrogen (secondary N) is 1. The number of carbonyl (C=O) groups excluding carboxylic acids is 2. The van der Waals surface area contributed by atoms with E-state index < -0.39 is 0 Å². The second kappa shape index (κ2) is 10.2. The second-order valence-electron chi connectivity index (χ2n) is 7.26. The first kappa shape index (κ1) is 22.3. The molecule has 1 aliphatic rings. The number of thioether (sulfide) groups is 1. The fourth-order valence-electron chi connectivity index (χ4n) is 3.36. The molecule has 2 heterocycles. The van der Waals surface area contributed by atoms with Gasteiger partial charge in [0.05, 0.1) is 5.75 Å². The van der Waals surface area contributed by atoms with Crippen molar-refractivity contribution in [2.75, 3.05) is 42.1 Å². The lowest BCUT2D eigenvalue weighted by atomic mass is 10.1. The molecule has 2 amide bonds. The van der Waals surface area contributed by atoms with Gasteiger partial charge in [-0.05, 0) is 48.5 Å². The van der Waals surface area contributed by atoms with Crippen molar-refractivity contribution in [3.8, 4) is 0 Å². The summed E-state index contributed by atoms with van der Waals surface area (Å²) in [5, 5.41) is 10.8. The summed E-state index contributed by atoms with van der Waals surface area (Å²) < 4.78 is 6.21. The number of hydrogen-bond donors (Lipinski definition) is 1. The average molecular weight is 516 g/mol. The van der Waals surface area contributed by atoms with Crippen LogP contribution in [0, 0.1) is 6.92 Å². The van der Waals surface area contributed by atoms with Gasteiger partial charge in [-0.15, -0.1) is 10.2 Å². The summed E-state index contributed by atoms with van der Waals surface area (Å²) in [6.45, 7) is 4.56. The molecule has 1 fully saturated rings. The molecule has 10 heteroatoms. The molecule has 0 radical (unpaired) electrons. The van der Waals surface area contributed by atoms with Gasteiger partial charge in [0.2, 0.25) is 11.8 Å². The Balaban J connectivity index is 1.26. The van der Waals surface area contributed by atoms with Crippen molar-refractivity contribution < 1.29 is 14.0 Å². The minimum atomic E-state index is -0.140. The molecule has 0 spiro atoms. The Kier molecular flexibility index (Phi) is 7.11. The average Bonchev–Trinajstić information content (AvgIpc) is 3.23. The van der Waals surface area contributed by atoms with Crippen LogP contribution in [0.4, 0.5) is 11.4 Å². The first-order valence-corrected chi connectivity index (χ1v) is 11.9. The first-order chi connectivity index (χ1) is 15.5. The number of hydrogen-bond acceptors (Lipinski definition) is 7. The molecule has 8 nitrogen and oxygen atoms in total. The predicted molar refractivity (Wildman–Crippen MR) is 127 cm³/mol. The smallest absolute Gasteiger partial charge is 0.277 e. The van der Waals surface area contributed by atoms with Crippen LogP contribution < -0.4 is 10.2 Å². The highest BCUT2D eigenvalue weighted by molar-refractivity contribution is 9.10. The van der Waals surface area contributed by atoms with E-state index in [1.165, 1.54) is 11.8 Å². The minimum absolute atomic E-state index is 0.0590. The summed E-state index contributed by atoms with van der Waals surface area (Å²) in [6, 6.07) is 15.2. The molecule has 1 N–H and O–H groups in total. The summed E-state index contributed by atoms with van der Waals surface area (Å²) in [5.41, 5.74) is 2.49. The van der Waals surface area contributed by atoms with Crippen LogP contribution in [-0.2, 0) is 4.79 Å². The highest BCUT2D eigenvalue weighted by Gasteiger charge is 2.22. The Hall–Kier alpha value is -2.85. The van der Waals surface area contributed by atoms with Crippen LogP contribution in [0.25, 0.3) is 0 Å². The molecule has 0 unspecified atom stereocenters. The van der Waals surface area contributed by atoms with Gasteiger partial charge in [-0.25, -0.2) is 0 Å². The Labute approximate surface area is 198 Å². The molecule has 0 atom stereocenters. The summed E-state index contributed by atoms with van der Waals surface area (Å²) in [5.74, 6) is 0.585. The van der Waals surface area contributed by atoms with Gasteiger partial charge in [-0.1, -0.05) is 27.7 Å². The van der Waals surface area contributed by atoms with E-state index in [1.807, 2.05) is 53.4 Å². The Morgan fingerprint density at radius 3 is 2.34 bits per heavy atom. The van der Waals surface area contributed by atoms with Crippen molar-refractivity contribution in [2.24, 2.45) is 0 Å². The maximum Gasteiger partial charge on any atom is 0.277 e.